The van der Waals surface area contributed by atoms with Crippen LogP contribution in [0, 0.1) is 0 Å². The Kier molecular flexibility index (Phi) is 6.32. The number of nitrogens with two attached hydrogens (primary N) is 1. The summed E-state index contributed by atoms with van der Waals surface area (Å²) in [5, 5.41) is 2.59. The molecule has 7 heteroatoms. The molecule has 136 valence electrons. The van der Waals surface area contributed by atoms with E-state index in [2.05, 4.69) is 5.32 Å². The number of esters is 1. The quantitative estimate of drug-likeness (QED) is 0.739. The number of para-hydroxylation sites is 1. The van der Waals surface area contributed by atoms with Gasteiger partial charge in [0, 0.05) is 11.3 Å². The van der Waals surface area contributed by atoms with Crippen molar-refractivity contribution >= 4 is 23.5 Å². The number of carbonyl (C=O) groups excluding carboxylic acids is 3. The number of benzene rings is 2. The van der Waals surface area contributed by atoms with Gasteiger partial charge in [0.15, 0.2) is 12.2 Å². The topological polar surface area (TPSA) is 108 Å². The van der Waals surface area contributed by atoms with Crippen molar-refractivity contribution in [3.8, 4) is 5.75 Å². The zero-order valence-corrected chi connectivity index (χ0v) is 14.5. The highest BCUT2D eigenvalue weighted by Crippen LogP contribution is 2.13. The van der Waals surface area contributed by atoms with Crippen molar-refractivity contribution in [2.75, 3.05) is 5.32 Å². The molecule has 2 aromatic rings. The van der Waals surface area contributed by atoms with Gasteiger partial charge >= 0.3 is 5.97 Å². The molecule has 0 aliphatic rings. The summed E-state index contributed by atoms with van der Waals surface area (Å²) in [5.41, 5.74) is 5.94. The highest BCUT2D eigenvalue weighted by Gasteiger charge is 2.23. The molecule has 0 bridgehead atoms. The molecule has 0 radical (unpaired) electrons. The maximum absolute atomic E-state index is 12.1. The molecule has 2 amide bonds. The third-order valence-electron chi connectivity index (χ3n) is 3.49. The summed E-state index contributed by atoms with van der Waals surface area (Å²) >= 11 is 0. The molecule has 2 rings (SSSR count). The smallest absolute Gasteiger partial charge is 0.347 e. The highest BCUT2D eigenvalue weighted by atomic mass is 16.6. The standard InChI is InChI=1S/C19H20N2O5/c1-12(18(23)21-15-10-8-14(9-11-15)17(20)22)26-19(24)13(2)25-16-6-4-3-5-7-16/h3-13H,1-2H3,(H2,20,22)(H,21,23)/t12-,13-/m1/s1. The summed E-state index contributed by atoms with van der Waals surface area (Å²) in [6, 6.07) is 14.9. The van der Waals surface area contributed by atoms with Crippen LogP contribution in [0.4, 0.5) is 5.69 Å². The molecule has 2 atom stereocenters. The Morgan fingerprint density at radius 3 is 2.12 bits per heavy atom. The number of carbonyl (C=O) groups is 3. The van der Waals surface area contributed by atoms with Gasteiger partial charge in [0.1, 0.15) is 5.75 Å². The van der Waals surface area contributed by atoms with Crippen LogP contribution >= 0.6 is 0 Å². The summed E-state index contributed by atoms with van der Waals surface area (Å²) in [6.45, 7) is 3.00. The molecule has 0 aromatic heterocycles. The van der Waals surface area contributed by atoms with Gasteiger partial charge < -0.3 is 20.5 Å². The van der Waals surface area contributed by atoms with Crippen molar-refractivity contribution in [1.82, 2.24) is 0 Å². The summed E-state index contributed by atoms with van der Waals surface area (Å²) in [4.78, 5) is 35.2. The van der Waals surface area contributed by atoms with Crippen LogP contribution in [-0.4, -0.2) is 30.0 Å². The van der Waals surface area contributed by atoms with E-state index >= 15 is 0 Å². The maximum atomic E-state index is 12.1. The highest BCUT2D eigenvalue weighted by molar-refractivity contribution is 5.96. The van der Waals surface area contributed by atoms with Gasteiger partial charge in [0.2, 0.25) is 5.91 Å². The van der Waals surface area contributed by atoms with E-state index in [4.69, 9.17) is 15.2 Å². The number of nitrogens with one attached hydrogen (secondary N) is 1. The molecule has 2 aromatic carbocycles. The molecule has 0 spiro atoms. The van der Waals surface area contributed by atoms with Crippen LogP contribution in [0.25, 0.3) is 0 Å². The zero-order chi connectivity index (χ0) is 19.1. The van der Waals surface area contributed by atoms with E-state index in [9.17, 15) is 14.4 Å². The van der Waals surface area contributed by atoms with Crippen LogP contribution in [-0.2, 0) is 14.3 Å². The first-order chi connectivity index (χ1) is 12.4. The molecular formula is C19H20N2O5. The van der Waals surface area contributed by atoms with Gasteiger partial charge in [-0.25, -0.2) is 4.79 Å². The largest absolute Gasteiger partial charge is 0.479 e. The Bertz CT molecular complexity index is 774. The predicted molar refractivity (Wildman–Crippen MR) is 95.7 cm³/mol. The van der Waals surface area contributed by atoms with Gasteiger partial charge in [0.25, 0.3) is 5.91 Å². The number of hydrogen-bond donors (Lipinski definition) is 2. The maximum Gasteiger partial charge on any atom is 0.347 e. The van der Waals surface area contributed by atoms with Crippen molar-refractivity contribution in [3.05, 3.63) is 60.2 Å². The molecule has 0 fully saturated rings. The van der Waals surface area contributed by atoms with Gasteiger partial charge in [-0.3, -0.25) is 9.59 Å². The minimum Gasteiger partial charge on any atom is -0.479 e. The number of hydrogen-bond acceptors (Lipinski definition) is 5. The molecule has 26 heavy (non-hydrogen) atoms. The van der Waals surface area contributed by atoms with Crippen molar-refractivity contribution in [2.24, 2.45) is 5.73 Å². The number of anilines is 1. The minimum absolute atomic E-state index is 0.328. The van der Waals surface area contributed by atoms with E-state index in [0.29, 0.717) is 17.0 Å². The lowest BCUT2D eigenvalue weighted by Gasteiger charge is -2.17. The second-order valence-electron chi connectivity index (χ2n) is 5.58. The molecule has 0 heterocycles. The Hall–Kier alpha value is -3.35. The molecule has 0 saturated heterocycles. The third-order valence-corrected chi connectivity index (χ3v) is 3.49. The van der Waals surface area contributed by atoms with Crippen molar-refractivity contribution < 1.29 is 23.9 Å². The summed E-state index contributed by atoms with van der Waals surface area (Å²) in [5.74, 6) is -1.18. The summed E-state index contributed by atoms with van der Waals surface area (Å²) in [6.07, 6.45) is -1.87. The van der Waals surface area contributed by atoms with Gasteiger partial charge in [-0.1, -0.05) is 18.2 Å². The molecule has 0 aliphatic carbocycles. The van der Waals surface area contributed by atoms with Crippen molar-refractivity contribution in [2.45, 2.75) is 26.1 Å². The second kappa shape index (κ2) is 8.66. The van der Waals surface area contributed by atoms with Gasteiger partial charge in [-0.2, -0.15) is 0 Å². The fraction of sp³-hybridized carbons (Fsp3) is 0.211. The molecule has 0 aliphatic heterocycles. The summed E-state index contributed by atoms with van der Waals surface area (Å²) in [7, 11) is 0. The molecule has 0 unspecified atom stereocenters. The van der Waals surface area contributed by atoms with E-state index in [1.54, 1.807) is 31.2 Å². The van der Waals surface area contributed by atoms with Crippen molar-refractivity contribution in [3.63, 3.8) is 0 Å². The fourth-order valence-corrected chi connectivity index (χ4v) is 2.04. The van der Waals surface area contributed by atoms with Crippen LogP contribution in [0.2, 0.25) is 0 Å². The lowest BCUT2D eigenvalue weighted by Crippen LogP contribution is -2.35. The Morgan fingerprint density at radius 2 is 1.54 bits per heavy atom. The zero-order valence-electron chi connectivity index (χ0n) is 14.5. The number of amides is 2. The lowest BCUT2D eigenvalue weighted by molar-refractivity contribution is -0.159. The average Bonchev–Trinajstić information content (AvgIpc) is 2.62. The lowest BCUT2D eigenvalue weighted by atomic mass is 10.2. The van der Waals surface area contributed by atoms with E-state index in [-0.39, 0.29) is 0 Å². The predicted octanol–water partition coefficient (Wildman–Crippen LogP) is 2.12. The Balaban J connectivity index is 1.87. The van der Waals surface area contributed by atoms with Gasteiger partial charge in [-0.05, 0) is 50.2 Å². The number of ether oxygens (including phenoxy) is 2. The number of primary amides is 1. The fourth-order valence-electron chi connectivity index (χ4n) is 2.04. The van der Waals surface area contributed by atoms with E-state index in [0.717, 1.165) is 0 Å². The van der Waals surface area contributed by atoms with Crippen LogP contribution < -0.4 is 15.8 Å². The summed E-state index contributed by atoms with van der Waals surface area (Å²) < 4.78 is 10.6. The first-order valence-electron chi connectivity index (χ1n) is 7.99. The molecular weight excluding hydrogens is 336 g/mol. The first kappa shape index (κ1) is 19.0. The normalized spacial score (nSPS) is 12.5. The molecule has 3 N–H and O–H groups in total. The van der Waals surface area contributed by atoms with E-state index in [1.807, 2.05) is 6.07 Å². The minimum atomic E-state index is -1.01. The van der Waals surface area contributed by atoms with Crippen LogP contribution in [0.5, 0.6) is 5.75 Å². The number of rotatable bonds is 7. The van der Waals surface area contributed by atoms with Gasteiger partial charge in [0.05, 0.1) is 0 Å². The molecule has 7 nitrogen and oxygen atoms in total. The molecule has 0 saturated carbocycles. The Labute approximate surface area is 151 Å². The van der Waals surface area contributed by atoms with Crippen LogP contribution in [0.1, 0.15) is 24.2 Å². The van der Waals surface area contributed by atoms with E-state index in [1.165, 1.54) is 31.2 Å². The first-order valence-corrected chi connectivity index (χ1v) is 7.99. The third kappa shape index (κ3) is 5.34. The van der Waals surface area contributed by atoms with E-state index < -0.39 is 30.0 Å². The Morgan fingerprint density at radius 1 is 0.923 bits per heavy atom. The van der Waals surface area contributed by atoms with Crippen molar-refractivity contribution in [1.29, 1.82) is 0 Å². The van der Waals surface area contributed by atoms with Crippen LogP contribution in [0.15, 0.2) is 54.6 Å². The SMILES string of the molecule is C[C@@H](OC(=O)[C@@H](C)Oc1ccccc1)C(=O)Nc1ccc(C(N)=O)cc1. The second-order valence-corrected chi connectivity index (χ2v) is 5.58. The van der Waals surface area contributed by atoms with Gasteiger partial charge in [-0.15, -0.1) is 0 Å². The monoisotopic (exact) mass is 356 g/mol. The van der Waals surface area contributed by atoms with Crippen LogP contribution in [0.3, 0.4) is 0 Å². The average molecular weight is 356 g/mol.